The van der Waals surface area contributed by atoms with Crippen LogP contribution in [-0.4, -0.2) is 47.7 Å². The molecular formula is C12H12N2O3S. The van der Waals surface area contributed by atoms with Crippen molar-refractivity contribution in [3.05, 3.63) is 24.3 Å². The third-order valence-corrected chi connectivity index (χ3v) is 3.32. The minimum atomic E-state index is -0.397. The zero-order valence-corrected chi connectivity index (χ0v) is 10.4. The van der Waals surface area contributed by atoms with Crippen LogP contribution in [0.5, 0.6) is 0 Å². The van der Waals surface area contributed by atoms with Crippen LogP contribution in [0.25, 0.3) is 0 Å². The van der Waals surface area contributed by atoms with Crippen LogP contribution < -0.4 is 0 Å². The molecule has 1 unspecified atom stereocenters. The molecule has 0 bridgehead atoms. The molecule has 2 heterocycles. The lowest BCUT2D eigenvalue weighted by Gasteiger charge is -2.31. The Balaban J connectivity index is 1.81. The maximum atomic E-state index is 12.3. The zero-order chi connectivity index (χ0) is 12.5. The standard InChI is InChI=1S/C12H12N2O3S/c15-11-8-3-1-2-4-9(8)13-12(18)14(11)7-10-16-5-6-17-10/h1-4,8,10H,5-7H2. The Morgan fingerprint density at radius 3 is 2.94 bits per heavy atom. The number of fused-ring (bicyclic) bond motifs is 1. The van der Waals surface area contributed by atoms with E-state index in [0.717, 1.165) is 0 Å². The van der Waals surface area contributed by atoms with Crippen molar-refractivity contribution in [2.75, 3.05) is 19.8 Å². The number of hydrogen-bond acceptors (Lipinski definition) is 4. The predicted octanol–water partition coefficient (Wildman–Crippen LogP) is 0.670. The first-order valence-corrected chi connectivity index (χ1v) is 6.18. The van der Waals surface area contributed by atoms with E-state index in [-0.39, 0.29) is 16.9 Å². The number of thiocarbonyl (C=S) groups is 1. The topological polar surface area (TPSA) is 51.1 Å². The Bertz CT molecular complexity index is 478. The maximum Gasteiger partial charge on any atom is 0.241 e. The van der Waals surface area contributed by atoms with Crippen LogP contribution in [-0.2, 0) is 14.3 Å². The van der Waals surface area contributed by atoms with Crippen molar-refractivity contribution in [1.82, 2.24) is 4.90 Å². The Morgan fingerprint density at radius 2 is 2.17 bits per heavy atom. The monoisotopic (exact) mass is 264 g/mol. The van der Waals surface area contributed by atoms with Gasteiger partial charge in [-0.05, 0) is 18.3 Å². The van der Waals surface area contributed by atoms with E-state index in [9.17, 15) is 4.79 Å². The lowest BCUT2D eigenvalue weighted by Crippen LogP contribution is -2.48. The number of hydrogen-bond donors (Lipinski definition) is 0. The molecule has 18 heavy (non-hydrogen) atoms. The number of rotatable bonds is 2. The lowest BCUT2D eigenvalue weighted by atomic mass is 9.95. The van der Waals surface area contributed by atoms with E-state index < -0.39 is 6.29 Å². The average molecular weight is 264 g/mol. The highest BCUT2D eigenvalue weighted by Gasteiger charge is 2.35. The molecule has 1 saturated heterocycles. The van der Waals surface area contributed by atoms with Crippen LogP contribution in [0.1, 0.15) is 0 Å². The van der Waals surface area contributed by atoms with Gasteiger partial charge < -0.3 is 9.47 Å². The number of carbonyl (C=O) groups is 1. The quantitative estimate of drug-likeness (QED) is 0.688. The van der Waals surface area contributed by atoms with Crippen LogP contribution in [0.3, 0.4) is 0 Å². The van der Waals surface area contributed by atoms with Crippen molar-refractivity contribution in [3.8, 4) is 0 Å². The number of aliphatic imine (C=N–C) groups is 1. The minimum Gasteiger partial charge on any atom is -0.348 e. The molecule has 0 radical (unpaired) electrons. The van der Waals surface area contributed by atoms with Crippen molar-refractivity contribution in [1.29, 1.82) is 0 Å². The van der Waals surface area contributed by atoms with Gasteiger partial charge in [-0.25, -0.2) is 4.99 Å². The molecule has 1 amide bonds. The first-order chi connectivity index (χ1) is 8.75. The third-order valence-electron chi connectivity index (χ3n) is 3.01. The highest BCUT2D eigenvalue weighted by Crippen LogP contribution is 2.21. The molecule has 6 heteroatoms. The van der Waals surface area contributed by atoms with Gasteiger partial charge in [0.05, 0.1) is 31.4 Å². The lowest BCUT2D eigenvalue weighted by molar-refractivity contribution is -0.133. The van der Waals surface area contributed by atoms with Crippen LogP contribution in [0, 0.1) is 5.92 Å². The van der Waals surface area contributed by atoms with Crippen molar-refractivity contribution in [2.45, 2.75) is 6.29 Å². The van der Waals surface area contributed by atoms with Crippen LogP contribution in [0.15, 0.2) is 29.3 Å². The van der Waals surface area contributed by atoms with Gasteiger partial charge in [0, 0.05) is 0 Å². The summed E-state index contributed by atoms with van der Waals surface area (Å²) in [5.74, 6) is -0.396. The second-order valence-electron chi connectivity index (χ2n) is 4.16. The molecule has 0 aromatic heterocycles. The zero-order valence-electron chi connectivity index (χ0n) is 9.61. The smallest absolute Gasteiger partial charge is 0.241 e. The summed E-state index contributed by atoms with van der Waals surface area (Å²) >= 11 is 5.16. The van der Waals surface area contributed by atoms with Gasteiger partial charge in [-0.1, -0.05) is 18.2 Å². The molecule has 1 fully saturated rings. The van der Waals surface area contributed by atoms with Crippen molar-refractivity contribution in [2.24, 2.45) is 10.9 Å². The van der Waals surface area contributed by atoms with Gasteiger partial charge in [0.2, 0.25) is 11.0 Å². The fourth-order valence-electron chi connectivity index (χ4n) is 2.11. The number of ether oxygens (including phenoxy) is 2. The molecular weight excluding hydrogens is 252 g/mol. The largest absolute Gasteiger partial charge is 0.348 e. The second kappa shape index (κ2) is 4.72. The van der Waals surface area contributed by atoms with Gasteiger partial charge in [-0.15, -0.1) is 0 Å². The summed E-state index contributed by atoms with van der Waals surface area (Å²) in [6, 6.07) is 0. The molecule has 0 aromatic rings. The first kappa shape index (κ1) is 11.7. The summed E-state index contributed by atoms with van der Waals surface area (Å²) < 4.78 is 10.7. The number of allylic oxidation sites excluding steroid dienone is 3. The van der Waals surface area contributed by atoms with E-state index in [1.165, 1.54) is 4.90 Å². The van der Waals surface area contributed by atoms with Crippen molar-refractivity contribution < 1.29 is 14.3 Å². The molecule has 3 aliphatic rings. The van der Waals surface area contributed by atoms with E-state index in [2.05, 4.69) is 4.99 Å². The highest BCUT2D eigenvalue weighted by atomic mass is 32.1. The van der Waals surface area contributed by atoms with E-state index in [1.807, 2.05) is 24.3 Å². The number of carbonyl (C=O) groups excluding carboxylic acids is 1. The number of nitrogens with zero attached hydrogens (tertiary/aromatic N) is 2. The van der Waals surface area contributed by atoms with Crippen LogP contribution in [0.4, 0.5) is 0 Å². The van der Waals surface area contributed by atoms with E-state index in [1.54, 1.807) is 0 Å². The third kappa shape index (κ3) is 2.03. The van der Waals surface area contributed by atoms with Gasteiger partial charge in [-0.2, -0.15) is 0 Å². The van der Waals surface area contributed by atoms with E-state index >= 15 is 0 Å². The van der Waals surface area contributed by atoms with Gasteiger partial charge in [0.15, 0.2) is 6.29 Å². The van der Waals surface area contributed by atoms with Gasteiger partial charge >= 0.3 is 0 Å². The van der Waals surface area contributed by atoms with Gasteiger partial charge in [0.1, 0.15) is 0 Å². The summed E-state index contributed by atoms with van der Waals surface area (Å²) in [5.41, 5.74) is 0.706. The molecule has 0 saturated carbocycles. The minimum absolute atomic E-state index is 0.0651. The number of amides is 1. The molecule has 1 atom stereocenters. The molecule has 0 spiro atoms. The van der Waals surface area contributed by atoms with Crippen molar-refractivity contribution >= 4 is 28.9 Å². The van der Waals surface area contributed by atoms with E-state index in [0.29, 0.717) is 25.5 Å². The molecule has 1 aliphatic carbocycles. The van der Waals surface area contributed by atoms with Gasteiger partial charge in [-0.3, -0.25) is 9.69 Å². The fourth-order valence-corrected chi connectivity index (χ4v) is 2.38. The second-order valence-corrected chi connectivity index (χ2v) is 4.53. The molecule has 0 N–H and O–H groups in total. The first-order valence-electron chi connectivity index (χ1n) is 5.78. The molecule has 94 valence electrons. The van der Waals surface area contributed by atoms with Crippen LogP contribution >= 0.6 is 12.2 Å². The summed E-state index contributed by atoms with van der Waals surface area (Å²) in [7, 11) is 0. The maximum absolute atomic E-state index is 12.3. The molecule has 2 aliphatic heterocycles. The average Bonchev–Trinajstić information content (AvgIpc) is 2.87. The summed E-state index contributed by atoms with van der Waals surface area (Å²) in [6.07, 6.45) is 6.94. The Hall–Kier alpha value is -1.37. The molecule has 5 nitrogen and oxygen atoms in total. The Labute approximate surface area is 110 Å². The fraction of sp³-hybridized carbons (Fsp3) is 0.417. The summed E-state index contributed by atoms with van der Waals surface area (Å²) in [6.45, 7) is 1.42. The molecule has 0 aromatic carbocycles. The SMILES string of the molecule is O=C1C2C=CC=CC2=NC(=S)N1CC1OCCO1. The van der Waals surface area contributed by atoms with Gasteiger partial charge in [0.25, 0.3) is 0 Å². The van der Waals surface area contributed by atoms with Crippen LogP contribution in [0.2, 0.25) is 0 Å². The Kier molecular flexibility index (Phi) is 3.07. The van der Waals surface area contributed by atoms with E-state index in [4.69, 9.17) is 21.7 Å². The molecule has 3 rings (SSSR count). The highest BCUT2D eigenvalue weighted by molar-refractivity contribution is 7.80. The summed E-state index contributed by atoms with van der Waals surface area (Å²) in [5, 5.41) is 0.283. The van der Waals surface area contributed by atoms with Crippen molar-refractivity contribution in [3.63, 3.8) is 0 Å². The normalized spacial score (nSPS) is 27.7. The Morgan fingerprint density at radius 1 is 1.39 bits per heavy atom. The predicted molar refractivity (Wildman–Crippen MR) is 69.2 cm³/mol. The summed E-state index contributed by atoms with van der Waals surface area (Å²) in [4.78, 5) is 18.1.